The lowest BCUT2D eigenvalue weighted by Gasteiger charge is -2.27. The molecule has 0 aliphatic carbocycles. The van der Waals surface area contributed by atoms with Crippen LogP contribution in [0.2, 0.25) is 0 Å². The van der Waals surface area contributed by atoms with Crippen LogP contribution < -0.4 is 10.2 Å². The summed E-state index contributed by atoms with van der Waals surface area (Å²) in [5.74, 6) is 1.37. The SMILES string of the molecule is CCCOc1cc(NN2CCOCC2)ncn1. The van der Waals surface area contributed by atoms with E-state index in [1.165, 1.54) is 6.33 Å². The molecule has 1 aliphatic heterocycles. The van der Waals surface area contributed by atoms with Gasteiger partial charge in [-0.25, -0.2) is 15.0 Å². The van der Waals surface area contributed by atoms with Crippen LogP contribution in [0.15, 0.2) is 12.4 Å². The minimum absolute atomic E-state index is 0.609. The van der Waals surface area contributed by atoms with Gasteiger partial charge in [-0.15, -0.1) is 0 Å². The summed E-state index contributed by atoms with van der Waals surface area (Å²) < 4.78 is 10.7. The normalized spacial score (nSPS) is 16.8. The number of hydrazine groups is 1. The average molecular weight is 238 g/mol. The van der Waals surface area contributed by atoms with Gasteiger partial charge in [0.2, 0.25) is 5.88 Å². The van der Waals surface area contributed by atoms with E-state index in [-0.39, 0.29) is 0 Å². The molecule has 0 atom stereocenters. The number of nitrogens with zero attached hydrogens (tertiary/aromatic N) is 3. The quantitative estimate of drug-likeness (QED) is 0.823. The lowest BCUT2D eigenvalue weighted by Crippen LogP contribution is -2.40. The van der Waals surface area contributed by atoms with Crippen molar-refractivity contribution in [2.75, 3.05) is 38.3 Å². The third kappa shape index (κ3) is 3.83. The van der Waals surface area contributed by atoms with Gasteiger partial charge in [0.15, 0.2) is 0 Å². The first-order valence-electron chi connectivity index (χ1n) is 5.92. The maximum atomic E-state index is 5.45. The second kappa shape index (κ2) is 6.36. The molecule has 17 heavy (non-hydrogen) atoms. The maximum absolute atomic E-state index is 5.45. The molecule has 0 saturated carbocycles. The Morgan fingerprint density at radius 2 is 2.24 bits per heavy atom. The summed E-state index contributed by atoms with van der Waals surface area (Å²) >= 11 is 0. The molecule has 1 aromatic heterocycles. The average Bonchev–Trinajstić information content (AvgIpc) is 2.38. The molecule has 6 nitrogen and oxygen atoms in total. The minimum atomic E-state index is 0.609. The molecule has 6 heteroatoms. The molecule has 0 spiro atoms. The Morgan fingerprint density at radius 1 is 1.41 bits per heavy atom. The number of hydrogen-bond donors (Lipinski definition) is 1. The summed E-state index contributed by atoms with van der Waals surface area (Å²) in [6, 6.07) is 1.81. The Bertz CT molecular complexity index is 342. The molecule has 0 bridgehead atoms. The number of ether oxygens (including phenoxy) is 2. The monoisotopic (exact) mass is 238 g/mol. The van der Waals surface area contributed by atoms with Crippen LogP contribution in [0.5, 0.6) is 5.88 Å². The molecule has 1 N–H and O–H groups in total. The van der Waals surface area contributed by atoms with E-state index < -0.39 is 0 Å². The van der Waals surface area contributed by atoms with E-state index in [0.29, 0.717) is 12.5 Å². The Hall–Kier alpha value is -1.40. The predicted molar refractivity (Wildman–Crippen MR) is 63.8 cm³/mol. The zero-order valence-electron chi connectivity index (χ0n) is 10.1. The molecule has 1 aliphatic rings. The highest BCUT2D eigenvalue weighted by Gasteiger charge is 2.10. The van der Waals surface area contributed by atoms with Crippen molar-refractivity contribution in [2.45, 2.75) is 13.3 Å². The number of rotatable bonds is 5. The summed E-state index contributed by atoms with van der Waals surface area (Å²) in [7, 11) is 0. The van der Waals surface area contributed by atoms with Crippen LogP contribution >= 0.6 is 0 Å². The Morgan fingerprint density at radius 3 is 3.00 bits per heavy atom. The van der Waals surface area contributed by atoms with E-state index in [1.54, 1.807) is 0 Å². The molecule has 0 radical (unpaired) electrons. The zero-order chi connectivity index (χ0) is 11.9. The predicted octanol–water partition coefficient (Wildman–Crippen LogP) is 0.924. The summed E-state index contributed by atoms with van der Waals surface area (Å²) in [5.41, 5.74) is 3.22. The van der Waals surface area contributed by atoms with Crippen molar-refractivity contribution < 1.29 is 9.47 Å². The molecule has 0 unspecified atom stereocenters. The van der Waals surface area contributed by atoms with Gasteiger partial charge in [0.25, 0.3) is 0 Å². The van der Waals surface area contributed by atoms with Crippen LogP contribution in [0.4, 0.5) is 5.82 Å². The number of nitrogens with one attached hydrogen (secondary N) is 1. The van der Waals surface area contributed by atoms with Crippen molar-refractivity contribution in [2.24, 2.45) is 0 Å². The molecule has 94 valence electrons. The number of anilines is 1. The van der Waals surface area contributed by atoms with Crippen LogP contribution in [0.25, 0.3) is 0 Å². The van der Waals surface area contributed by atoms with Gasteiger partial charge < -0.3 is 14.9 Å². The molecule has 0 aromatic carbocycles. The fourth-order valence-corrected chi connectivity index (χ4v) is 1.52. The van der Waals surface area contributed by atoms with Gasteiger partial charge in [0.05, 0.1) is 19.8 Å². The lowest BCUT2D eigenvalue weighted by molar-refractivity contribution is 0.0494. The second-order valence-electron chi connectivity index (χ2n) is 3.80. The number of aromatic nitrogens is 2. The molecule has 1 saturated heterocycles. The third-order valence-corrected chi connectivity index (χ3v) is 2.38. The smallest absolute Gasteiger partial charge is 0.218 e. The minimum Gasteiger partial charge on any atom is -0.478 e. The zero-order valence-corrected chi connectivity index (χ0v) is 10.1. The highest BCUT2D eigenvalue weighted by molar-refractivity contribution is 5.36. The van der Waals surface area contributed by atoms with E-state index in [9.17, 15) is 0 Å². The van der Waals surface area contributed by atoms with Gasteiger partial charge in [-0.2, -0.15) is 0 Å². The molecule has 2 heterocycles. The summed E-state index contributed by atoms with van der Waals surface area (Å²) in [5, 5.41) is 2.08. The van der Waals surface area contributed by atoms with E-state index in [4.69, 9.17) is 9.47 Å². The van der Waals surface area contributed by atoms with Gasteiger partial charge in [-0.05, 0) is 6.42 Å². The first-order chi connectivity index (χ1) is 8.38. The first kappa shape index (κ1) is 12.1. The largest absolute Gasteiger partial charge is 0.478 e. The molecule has 0 amide bonds. The van der Waals surface area contributed by atoms with Crippen molar-refractivity contribution >= 4 is 5.82 Å². The van der Waals surface area contributed by atoms with Crippen LogP contribution in [-0.2, 0) is 4.74 Å². The van der Waals surface area contributed by atoms with Gasteiger partial charge in [-0.1, -0.05) is 6.92 Å². The van der Waals surface area contributed by atoms with Crippen LogP contribution in [0, 0.1) is 0 Å². The summed E-state index contributed by atoms with van der Waals surface area (Å²) in [6.45, 7) is 5.95. The van der Waals surface area contributed by atoms with E-state index >= 15 is 0 Å². The van der Waals surface area contributed by atoms with Gasteiger partial charge in [-0.3, -0.25) is 0 Å². The standard InChI is InChI=1S/C11H18N4O2/c1-2-5-17-11-8-10(12-9-13-11)14-15-3-6-16-7-4-15/h8-9H,2-7H2,1H3,(H,12,13,14). The highest BCUT2D eigenvalue weighted by atomic mass is 16.5. The van der Waals surface area contributed by atoms with Crippen molar-refractivity contribution in [3.63, 3.8) is 0 Å². The third-order valence-electron chi connectivity index (χ3n) is 2.38. The maximum Gasteiger partial charge on any atom is 0.218 e. The van der Waals surface area contributed by atoms with Crippen LogP contribution in [0.3, 0.4) is 0 Å². The Labute approximate surface area is 101 Å². The fraction of sp³-hybridized carbons (Fsp3) is 0.636. The Kier molecular flexibility index (Phi) is 4.52. The van der Waals surface area contributed by atoms with E-state index in [2.05, 4.69) is 27.3 Å². The van der Waals surface area contributed by atoms with Crippen LogP contribution in [0.1, 0.15) is 13.3 Å². The summed E-state index contributed by atoms with van der Waals surface area (Å²) in [6.07, 6.45) is 2.48. The molecular weight excluding hydrogens is 220 g/mol. The van der Waals surface area contributed by atoms with Crippen molar-refractivity contribution in [3.05, 3.63) is 12.4 Å². The second-order valence-corrected chi connectivity index (χ2v) is 3.80. The van der Waals surface area contributed by atoms with Crippen LogP contribution in [-0.4, -0.2) is 47.9 Å². The molecule has 2 rings (SSSR count). The number of morpholine rings is 1. The highest BCUT2D eigenvalue weighted by Crippen LogP contribution is 2.12. The molecular formula is C11H18N4O2. The van der Waals surface area contributed by atoms with Crippen molar-refractivity contribution in [1.29, 1.82) is 0 Å². The molecule has 1 aromatic rings. The van der Waals surface area contributed by atoms with Gasteiger partial charge in [0, 0.05) is 19.2 Å². The van der Waals surface area contributed by atoms with Crippen molar-refractivity contribution in [1.82, 2.24) is 15.0 Å². The van der Waals surface area contributed by atoms with E-state index in [0.717, 1.165) is 38.5 Å². The lowest BCUT2D eigenvalue weighted by atomic mass is 10.5. The summed E-state index contributed by atoms with van der Waals surface area (Å²) in [4.78, 5) is 8.21. The topological polar surface area (TPSA) is 59.5 Å². The first-order valence-corrected chi connectivity index (χ1v) is 5.92. The Balaban J connectivity index is 1.90. The number of hydrogen-bond acceptors (Lipinski definition) is 6. The molecule has 1 fully saturated rings. The van der Waals surface area contributed by atoms with Gasteiger partial charge >= 0.3 is 0 Å². The van der Waals surface area contributed by atoms with Crippen molar-refractivity contribution in [3.8, 4) is 5.88 Å². The van der Waals surface area contributed by atoms with Gasteiger partial charge in [0.1, 0.15) is 12.1 Å². The fourth-order valence-electron chi connectivity index (χ4n) is 1.52. The van der Waals surface area contributed by atoms with E-state index in [1.807, 2.05) is 6.07 Å².